The Morgan fingerprint density at radius 2 is 1.94 bits per heavy atom. The van der Waals surface area contributed by atoms with Gasteiger partial charge in [-0.2, -0.15) is 4.31 Å². The second-order valence-electron chi connectivity index (χ2n) is 4.62. The van der Waals surface area contributed by atoms with Gasteiger partial charge in [0.25, 0.3) is 0 Å². The van der Waals surface area contributed by atoms with Crippen molar-refractivity contribution in [2.75, 3.05) is 6.54 Å². The lowest BCUT2D eigenvalue weighted by molar-refractivity contribution is 0.517. The van der Waals surface area contributed by atoms with Gasteiger partial charge in [0.05, 0.1) is 5.75 Å². The molecule has 0 bridgehead atoms. The molecule has 0 aromatic heterocycles. The van der Waals surface area contributed by atoms with Crippen LogP contribution < -0.4 is 0 Å². The number of rotatable bonds is 4. The Kier molecular flexibility index (Phi) is 3.04. The monoisotopic (exact) mass is 239 g/mol. The highest BCUT2D eigenvalue weighted by molar-refractivity contribution is 7.88. The minimum atomic E-state index is -3.10. The first-order chi connectivity index (χ1) is 7.50. The molecule has 0 N–H and O–H groups in total. The summed E-state index contributed by atoms with van der Waals surface area (Å²) in [6.45, 7) is 4.80. The van der Waals surface area contributed by atoms with Crippen LogP contribution in [0.3, 0.4) is 0 Å². The lowest BCUT2D eigenvalue weighted by Crippen LogP contribution is -2.18. The normalized spacial score (nSPS) is 24.7. The third-order valence-electron chi connectivity index (χ3n) is 2.92. The zero-order valence-electron chi connectivity index (χ0n) is 9.63. The molecule has 88 valence electrons. The third kappa shape index (κ3) is 2.44. The van der Waals surface area contributed by atoms with Crippen molar-refractivity contribution in [2.24, 2.45) is 5.92 Å². The molecule has 1 unspecified atom stereocenters. The molecule has 2 atom stereocenters. The summed E-state index contributed by atoms with van der Waals surface area (Å²) in [5.74, 6) is 0.530. The summed E-state index contributed by atoms with van der Waals surface area (Å²) in [5.41, 5.74) is 0.858. The van der Waals surface area contributed by atoms with Gasteiger partial charge in [0.1, 0.15) is 0 Å². The number of benzene rings is 1. The highest BCUT2D eigenvalue weighted by Crippen LogP contribution is 2.30. The maximum Gasteiger partial charge on any atom is 0.218 e. The molecule has 1 heterocycles. The van der Waals surface area contributed by atoms with E-state index in [1.54, 1.807) is 4.31 Å². The summed E-state index contributed by atoms with van der Waals surface area (Å²) in [6.07, 6.45) is 0. The first-order valence-electron chi connectivity index (χ1n) is 5.54. The van der Waals surface area contributed by atoms with Crippen LogP contribution in [0.5, 0.6) is 0 Å². The van der Waals surface area contributed by atoms with Crippen molar-refractivity contribution in [3.05, 3.63) is 35.9 Å². The zero-order chi connectivity index (χ0) is 11.8. The zero-order valence-corrected chi connectivity index (χ0v) is 10.4. The molecule has 0 amide bonds. The van der Waals surface area contributed by atoms with Crippen LogP contribution in [0.1, 0.15) is 19.4 Å². The van der Waals surface area contributed by atoms with Crippen molar-refractivity contribution in [3.63, 3.8) is 0 Å². The standard InChI is InChI=1S/C12H17NO2S/c1-10(2)12-8-13(12)16(14,15)9-11-6-4-3-5-7-11/h3-7,10,12H,8-9H2,1-2H3/t12?,13-/m1/s1. The first kappa shape index (κ1) is 11.6. The summed E-state index contributed by atoms with van der Waals surface area (Å²) in [4.78, 5) is 0. The maximum absolute atomic E-state index is 12.0. The average Bonchev–Trinajstić information content (AvgIpc) is 2.98. The van der Waals surface area contributed by atoms with Gasteiger partial charge in [0.2, 0.25) is 10.0 Å². The lowest BCUT2D eigenvalue weighted by atomic mass is 10.1. The Labute approximate surface area is 97.1 Å². The Bertz CT molecular complexity index is 453. The Hall–Kier alpha value is -0.870. The topological polar surface area (TPSA) is 37.1 Å². The van der Waals surface area contributed by atoms with E-state index in [9.17, 15) is 8.42 Å². The molecule has 2 rings (SSSR count). The molecule has 4 heteroatoms. The summed E-state index contributed by atoms with van der Waals surface area (Å²) >= 11 is 0. The van der Waals surface area contributed by atoms with Crippen molar-refractivity contribution in [3.8, 4) is 0 Å². The van der Waals surface area contributed by atoms with E-state index < -0.39 is 10.0 Å². The van der Waals surface area contributed by atoms with Gasteiger partial charge in [-0.15, -0.1) is 0 Å². The number of nitrogens with zero attached hydrogens (tertiary/aromatic N) is 1. The molecule has 3 nitrogen and oxygen atoms in total. The smallest absolute Gasteiger partial charge is 0.212 e. The van der Waals surface area contributed by atoms with Crippen LogP contribution in [-0.4, -0.2) is 25.3 Å². The lowest BCUT2D eigenvalue weighted by Gasteiger charge is -2.07. The number of sulfonamides is 1. The van der Waals surface area contributed by atoms with Crippen LogP contribution in [0.25, 0.3) is 0 Å². The fourth-order valence-electron chi connectivity index (χ4n) is 1.87. The minimum absolute atomic E-state index is 0.122. The van der Waals surface area contributed by atoms with Crippen molar-refractivity contribution in [1.29, 1.82) is 0 Å². The fourth-order valence-corrected chi connectivity index (χ4v) is 3.68. The highest BCUT2D eigenvalue weighted by atomic mass is 32.2. The molecule has 0 saturated carbocycles. The minimum Gasteiger partial charge on any atom is -0.212 e. The summed E-state index contributed by atoms with van der Waals surface area (Å²) < 4.78 is 25.6. The molecule has 0 aliphatic carbocycles. The van der Waals surface area contributed by atoms with Crippen LogP contribution in [0.4, 0.5) is 0 Å². The van der Waals surface area contributed by atoms with Crippen molar-refractivity contribution in [1.82, 2.24) is 4.31 Å². The van der Waals surface area contributed by atoms with E-state index in [1.165, 1.54) is 0 Å². The van der Waals surface area contributed by atoms with Gasteiger partial charge in [0.15, 0.2) is 0 Å². The predicted octanol–water partition coefficient (Wildman–Crippen LogP) is 1.86. The van der Waals surface area contributed by atoms with Gasteiger partial charge in [-0.05, 0) is 11.5 Å². The maximum atomic E-state index is 12.0. The third-order valence-corrected chi connectivity index (χ3v) is 4.75. The molecule has 1 aromatic carbocycles. The van der Waals surface area contributed by atoms with E-state index in [0.29, 0.717) is 12.5 Å². The fraction of sp³-hybridized carbons (Fsp3) is 0.500. The molecule has 1 fully saturated rings. The van der Waals surface area contributed by atoms with E-state index in [1.807, 2.05) is 30.3 Å². The Morgan fingerprint density at radius 3 is 2.44 bits per heavy atom. The SMILES string of the molecule is CC(C)C1C[N@@]1S(=O)(=O)Cc1ccccc1. The quantitative estimate of drug-likeness (QED) is 0.752. The van der Waals surface area contributed by atoms with E-state index in [2.05, 4.69) is 13.8 Å². The molecule has 0 spiro atoms. The first-order valence-corrected chi connectivity index (χ1v) is 7.15. The summed E-state index contributed by atoms with van der Waals surface area (Å²) in [7, 11) is -3.10. The van der Waals surface area contributed by atoms with Crippen LogP contribution in [-0.2, 0) is 15.8 Å². The van der Waals surface area contributed by atoms with E-state index in [0.717, 1.165) is 5.56 Å². The molecular weight excluding hydrogens is 222 g/mol. The van der Waals surface area contributed by atoms with Gasteiger partial charge in [0, 0.05) is 12.6 Å². The van der Waals surface area contributed by atoms with Crippen LogP contribution in [0.15, 0.2) is 30.3 Å². The number of hydrogen-bond acceptors (Lipinski definition) is 2. The van der Waals surface area contributed by atoms with Crippen LogP contribution >= 0.6 is 0 Å². The Balaban J connectivity index is 2.06. The van der Waals surface area contributed by atoms with E-state index in [4.69, 9.17) is 0 Å². The molecule has 1 aromatic rings. The second-order valence-corrected chi connectivity index (χ2v) is 6.54. The van der Waals surface area contributed by atoms with E-state index in [-0.39, 0.29) is 11.8 Å². The molecule has 1 aliphatic rings. The van der Waals surface area contributed by atoms with Gasteiger partial charge >= 0.3 is 0 Å². The van der Waals surface area contributed by atoms with Gasteiger partial charge in [-0.25, -0.2) is 8.42 Å². The summed E-state index contributed by atoms with van der Waals surface area (Å²) in [5, 5.41) is 0. The van der Waals surface area contributed by atoms with Crippen LogP contribution in [0, 0.1) is 5.92 Å². The van der Waals surface area contributed by atoms with Gasteiger partial charge in [-0.3, -0.25) is 0 Å². The highest BCUT2D eigenvalue weighted by Gasteiger charge is 2.45. The molecule has 1 aliphatic heterocycles. The predicted molar refractivity (Wildman–Crippen MR) is 64.4 cm³/mol. The Morgan fingerprint density at radius 1 is 1.31 bits per heavy atom. The van der Waals surface area contributed by atoms with Gasteiger partial charge in [-0.1, -0.05) is 44.2 Å². The van der Waals surface area contributed by atoms with E-state index >= 15 is 0 Å². The molecule has 0 radical (unpaired) electrons. The van der Waals surface area contributed by atoms with Crippen molar-refractivity contribution >= 4 is 10.0 Å². The molecular formula is C12H17NO2S. The molecule has 1 saturated heterocycles. The van der Waals surface area contributed by atoms with Crippen molar-refractivity contribution in [2.45, 2.75) is 25.6 Å². The second kappa shape index (κ2) is 4.18. The average molecular weight is 239 g/mol. The van der Waals surface area contributed by atoms with Crippen molar-refractivity contribution < 1.29 is 8.42 Å². The molecule has 16 heavy (non-hydrogen) atoms. The van der Waals surface area contributed by atoms with Crippen LogP contribution in [0.2, 0.25) is 0 Å². The summed E-state index contributed by atoms with van der Waals surface area (Å²) in [6, 6.07) is 9.55. The number of hydrogen-bond donors (Lipinski definition) is 0. The largest absolute Gasteiger partial charge is 0.218 e. The van der Waals surface area contributed by atoms with Gasteiger partial charge < -0.3 is 0 Å².